The van der Waals surface area contributed by atoms with Crippen molar-refractivity contribution in [2.45, 2.75) is 49.1 Å². The molecule has 0 bridgehead atoms. The first kappa shape index (κ1) is 33.6. The molecule has 50 heavy (non-hydrogen) atoms. The molecule has 0 radical (unpaired) electrons. The highest BCUT2D eigenvalue weighted by Gasteiger charge is 2.48. The minimum Gasteiger partial charge on any atom is -0.507 e. The van der Waals surface area contributed by atoms with Gasteiger partial charge in [-0.05, 0) is 78.6 Å². The first-order valence-electron chi connectivity index (χ1n) is 16.0. The van der Waals surface area contributed by atoms with Crippen molar-refractivity contribution in [3.63, 3.8) is 0 Å². The highest BCUT2D eigenvalue weighted by molar-refractivity contribution is 8.00. The number of carbonyl (C=O) groups excluding carboxylic acids is 2. The van der Waals surface area contributed by atoms with Gasteiger partial charge in [-0.15, -0.1) is 10.2 Å². The van der Waals surface area contributed by atoms with Gasteiger partial charge in [0.1, 0.15) is 24.2 Å². The van der Waals surface area contributed by atoms with Gasteiger partial charge in [-0.2, -0.15) is 0 Å². The number of nitrogens with zero attached hydrogens (tertiary/aromatic N) is 3. The van der Waals surface area contributed by atoms with E-state index in [-0.39, 0.29) is 22.6 Å². The molecule has 3 heterocycles. The molecule has 12 heteroatoms. The Kier molecular flexibility index (Phi) is 9.80. The third-order valence-corrected chi connectivity index (χ3v) is 10.7. The number of fused-ring (bicyclic) bond motifs is 1. The maximum absolute atomic E-state index is 13.9. The summed E-state index contributed by atoms with van der Waals surface area (Å²) in [6, 6.07) is 26.8. The number of thioether (sulfide) groups is 1. The second kappa shape index (κ2) is 14.6. The summed E-state index contributed by atoms with van der Waals surface area (Å²) >= 11 is 8.70. The van der Waals surface area contributed by atoms with Crippen molar-refractivity contribution in [2.75, 3.05) is 11.5 Å². The highest BCUT2D eigenvalue weighted by atomic mass is 35.5. The van der Waals surface area contributed by atoms with E-state index in [1.807, 2.05) is 68.4 Å². The van der Waals surface area contributed by atoms with Crippen LogP contribution in [-0.2, 0) is 28.4 Å². The van der Waals surface area contributed by atoms with E-state index in [9.17, 15) is 14.7 Å². The minimum atomic E-state index is -1.03. The third-order valence-electron chi connectivity index (χ3n) is 8.31. The van der Waals surface area contributed by atoms with E-state index < -0.39 is 17.7 Å². The monoisotopic (exact) mass is 725 g/mol. The van der Waals surface area contributed by atoms with E-state index in [2.05, 4.69) is 10.2 Å². The zero-order valence-electron chi connectivity index (χ0n) is 27.2. The number of aromatic nitrogens is 2. The summed E-state index contributed by atoms with van der Waals surface area (Å²) in [5.74, 6) is 0.343. The van der Waals surface area contributed by atoms with Crippen LogP contribution in [0.25, 0.3) is 5.76 Å². The van der Waals surface area contributed by atoms with Gasteiger partial charge < -0.3 is 19.3 Å². The van der Waals surface area contributed by atoms with Gasteiger partial charge in [0.15, 0.2) is 15.8 Å². The number of amides is 1. The number of aliphatic hydroxyl groups excluding tert-OH is 1. The summed E-state index contributed by atoms with van der Waals surface area (Å²) in [4.78, 5) is 29.1. The van der Waals surface area contributed by atoms with Crippen molar-refractivity contribution in [3.8, 4) is 17.2 Å². The summed E-state index contributed by atoms with van der Waals surface area (Å²) < 4.78 is 18.6. The first-order chi connectivity index (χ1) is 24.3. The molecule has 1 saturated heterocycles. The fourth-order valence-electron chi connectivity index (χ4n) is 5.97. The number of benzene rings is 4. The Morgan fingerprint density at radius 2 is 1.78 bits per heavy atom. The summed E-state index contributed by atoms with van der Waals surface area (Å²) in [6.45, 7) is 4.51. The third kappa shape index (κ3) is 6.94. The molecule has 0 aliphatic carbocycles. The fraction of sp³-hybridized carbons (Fsp3) is 0.211. The van der Waals surface area contributed by atoms with Crippen molar-refractivity contribution in [1.82, 2.24) is 10.2 Å². The van der Waals surface area contributed by atoms with Gasteiger partial charge in [0, 0.05) is 22.8 Å². The Labute approximate surface area is 302 Å². The predicted octanol–water partition coefficient (Wildman–Crippen LogP) is 8.41. The van der Waals surface area contributed by atoms with Crippen molar-refractivity contribution >= 4 is 57.3 Å². The largest absolute Gasteiger partial charge is 0.507 e. The van der Waals surface area contributed by atoms with Gasteiger partial charge >= 0.3 is 5.91 Å². The molecule has 9 nitrogen and oxygen atoms in total. The molecule has 0 unspecified atom stereocenters. The average Bonchev–Trinajstić information content (AvgIpc) is 3.82. The highest BCUT2D eigenvalue weighted by Crippen LogP contribution is 2.46. The topological polar surface area (TPSA) is 111 Å². The van der Waals surface area contributed by atoms with Crippen molar-refractivity contribution < 1.29 is 28.9 Å². The Morgan fingerprint density at radius 3 is 2.56 bits per heavy atom. The van der Waals surface area contributed by atoms with Gasteiger partial charge in [0.2, 0.25) is 5.13 Å². The number of hydrogen-bond donors (Lipinski definition) is 1. The van der Waals surface area contributed by atoms with Crippen LogP contribution in [0.3, 0.4) is 0 Å². The lowest BCUT2D eigenvalue weighted by atomic mass is 9.94. The van der Waals surface area contributed by atoms with Crippen LogP contribution >= 0.6 is 34.7 Å². The Hall–Kier alpha value is -4.84. The lowest BCUT2D eigenvalue weighted by Crippen LogP contribution is -2.29. The van der Waals surface area contributed by atoms with E-state index in [0.29, 0.717) is 57.4 Å². The van der Waals surface area contributed by atoms with Crippen LogP contribution in [0.4, 0.5) is 5.13 Å². The van der Waals surface area contributed by atoms with Crippen LogP contribution in [0.5, 0.6) is 17.2 Å². The zero-order valence-corrected chi connectivity index (χ0v) is 29.6. The molecule has 0 spiro atoms. The number of Topliss-reactive ketones (excluding diaryl/α,β-unsaturated/α-hetero) is 1. The normalized spacial score (nSPS) is 17.9. The number of ketones is 1. The maximum atomic E-state index is 13.9. The van der Waals surface area contributed by atoms with Gasteiger partial charge in [-0.1, -0.05) is 83.2 Å². The number of carbonyl (C=O) groups is 2. The van der Waals surface area contributed by atoms with Crippen molar-refractivity contribution in [3.05, 3.63) is 129 Å². The molecular formula is C38H32ClN3O6S2. The quantitative estimate of drug-likeness (QED) is 0.0472. The molecular weight excluding hydrogens is 694 g/mol. The molecule has 1 fully saturated rings. The van der Waals surface area contributed by atoms with Gasteiger partial charge in [0.25, 0.3) is 5.78 Å². The zero-order chi connectivity index (χ0) is 34.8. The first-order valence-corrected chi connectivity index (χ1v) is 18.2. The van der Waals surface area contributed by atoms with Crippen LogP contribution in [0.1, 0.15) is 47.7 Å². The number of aliphatic hydroxyl groups is 1. The summed E-state index contributed by atoms with van der Waals surface area (Å²) in [5.41, 5.74) is 3.83. The smallest absolute Gasteiger partial charge is 0.301 e. The molecule has 5 aromatic rings. The molecule has 254 valence electrons. The number of halogens is 1. The number of rotatable bonds is 11. The SMILES string of the molecule is CCOc1cc([C@H]2C(=C(O)c3ccc4c(c3)C[C@@H](C)O4)C(=O)C(=O)N2c2nnc(SCc3ccc(Cl)cc3)s2)ccc1OCc1ccccc1. The van der Waals surface area contributed by atoms with Gasteiger partial charge in [-0.3, -0.25) is 14.5 Å². The molecule has 7 rings (SSSR count). The summed E-state index contributed by atoms with van der Waals surface area (Å²) in [7, 11) is 0. The second-order valence-electron chi connectivity index (χ2n) is 11.8. The Morgan fingerprint density at radius 1 is 0.980 bits per heavy atom. The summed E-state index contributed by atoms with van der Waals surface area (Å²) in [5, 5.41) is 21.4. The van der Waals surface area contributed by atoms with Gasteiger partial charge in [0.05, 0.1) is 18.2 Å². The maximum Gasteiger partial charge on any atom is 0.301 e. The Bertz CT molecular complexity index is 2090. The van der Waals surface area contributed by atoms with E-state index in [1.54, 1.807) is 36.4 Å². The molecule has 1 amide bonds. The van der Waals surface area contributed by atoms with Gasteiger partial charge in [-0.25, -0.2) is 0 Å². The second-order valence-corrected chi connectivity index (χ2v) is 14.4. The lowest BCUT2D eigenvalue weighted by Gasteiger charge is -2.24. The van der Waals surface area contributed by atoms with Crippen LogP contribution < -0.4 is 19.1 Å². The number of anilines is 1. The standard InChI is InChI=1S/C38H32ClN3O6S2/c1-3-46-31-19-25(11-16-30(31)47-20-23-7-5-4-6-8-23)33-32(34(43)26-12-15-29-27(18-26)17-22(2)48-29)35(44)36(45)42(33)37-40-41-38(50-37)49-21-24-9-13-28(39)14-10-24/h4-16,18-19,22,33,43H,3,17,20-21H2,1-2H3/t22-,33+/m1/s1. The molecule has 1 N–H and O–H groups in total. The summed E-state index contributed by atoms with van der Waals surface area (Å²) in [6.07, 6.45) is 0.661. The van der Waals surface area contributed by atoms with E-state index in [0.717, 1.165) is 22.4 Å². The number of ether oxygens (including phenoxy) is 3. The molecule has 2 aliphatic rings. The molecule has 2 aliphatic heterocycles. The minimum absolute atomic E-state index is 0.00301. The van der Waals surface area contributed by atoms with Crippen molar-refractivity contribution in [1.29, 1.82) is 0 Å². The van der Waals surface area contributed by atoms with E-state index >= 15 is 0 Å². The van der Waals surface area contributed by atoms with Crippen LogP contribution in [0.15, 0.2) is 101 Å². The molecule has 2 atom stereocenters. The van der Waals surface area contributed by atoms with E-state index in [4.69, 9.17) is 25.8 Å². The van der Waals surface area contributed by atoms with Crippen LogP contribution in [-0.4, -0.2) is 39.7 Å². The molecule has 1 aromatic heterocycles. The van der Waals surface area contributed by atoms with E-state index in [1.165, 1.54) is 28.0 Å². The number of hydrogen-bond acceptors (Lipinski definition) is 10. The molecule has 0 saturated carbocycles. The fourth-order valence-corrected chi connectivity index (χ4v) is 7.92. The lowest BCUT2D eigenvalue weighted by molar-refractivity contribution is -0.132. The molecule has 4 aromatic carbocycles. The van der Waals surface area contributed by atoms with Crippen LogP contribution in [0.2, 0.25) is 5.02 Å². The predicted molar refractivity (Wildman–Crippen MR) is 194 cm³/mol. The Balaban J connectivity index is 1.27. The van der Waals surface area contributed by atoms with Crippen LogP contribution in [0, 0.1) is 0 Å². The average molecular weight is 726 g/mol. The van der Waals surface area contributed by atoms with Crippen molar-refractivity contribution in [2.24, 2.45) is 0 Å².